The molecule has 29 heteroatoms. The number of halogens is 8. The third-order valence-corrected chi connectivity index (χ3v) is 11.5. The molecular weight excluding hydrogens is 1070 g/mol. The van der Waals surface area contributed by atoms with Gasteiger partial charge in [-0.25, -0.2) is 18.4 Å². The van der Waals surface area contributed by atoms with Crippen LogP contribution in [-0.4, -0.2) is 166 Å². The fourth-order valence-electron chi connectivity index (χ4n) is 5.96. The number of amides is 2. The van der Waals surface area contributed by atoms with Crippen LogP contribution in [-0.2, 0) is 44.9 Å². The van der Waals surface area contributed by atoms with Gasteiger partial charge in [0.1, 0.15) is 35.5 Å². The number of nitrogens with two attached hydrogens (primary N) is 2. The minimum atomic E-state index is -5.08. The summed E-state index contributed by atoms with van der Waals surface area (Å²) in [5, 5.41) is 38.4. The monoisotopic (exact) mass is 1140 g/mol. The van der Waals surface area contributed by atoms with Crippen LogP contribution in [0.5, 0.6) is 0 Å². The summed E-state index contributed by atoms with van der Waals surface area (Å²) in [7, 11) is 3.94. The van der Waals surface area contributed by atoms with E-state index in [0.29, 0.717) is 49.4 Å². The van der Waals surface area contributed by atoms with Gasteiger partial charge in [0.05, 0.1) is 12.6 Å². The van der Waals surface area contributed by atoms with Crippen LogP contribution in [0, 0.1) is 17.0 Å². The molecular formula is C47H65F8N7O12S2. The van der Waals surface area contributed by atoms with Gasteiger partial charge in [0.15, 0.2) is 0 Å². The third kappa shape index (κ3) is 32.3. The number of carboxylic acid groups (broad SMARTS) is 4. The molecule has 0 fully saturated rings. The molecule has 3 aromatic rings. The maximum atomic E-state index is 14.6. The second-order valence-electron chi connectivity index (χ2n) is 16.6. The molecule has 0 spiro atoms. The summed E-state index contributed by atoms with van der Waals surface area (Å²) in [6.07, 6.45) is -5.86. The highest BCUT2D eigenvalue weighted by Crippen LogP contribution is 2.40. The molecule has 76 heavy (non-hydrogen) atoms. The van der Waals surface area contributed by atoms with Gasteiger partial charge in [-0.2, -0.15) is 38.1 Å². The van der Waals surface area contributed by atoms with Crippen LogP contribution in [0.3, 0.4) is 0 Å². The molecule has 2 aromatic carbocycles. The lowest BCUT2D eigenvalue weighted by molar-refractivity contribution is -0.193. The molecule has 0 aliphatic rings. The number of aromatic nitrogens is 1. The zero-order valence-electron chi connectivity index (χ0n) is 42.1. The van der Waals surface area contributed by atoms with E-state index in [2.05, 4.69) is 65.4 Å². The molecule has 0 aliphatic heterocycles. The number of nitrogens with zero attached hydrogens (tertiary/aromatic N) is 2. The van der Waals surface area contributed by atoms with Crippen molar-refractivity contribution in [1.82, 2.24) is 25.4 Å². The fourth-order valence-corrected chi connectivity index (χ4v) is 7.54. The number of likely N-dealkylation sites (N-methyl/N-ethyl adjacent to an activating group) is 1. The Morgan fingerprint density at radius 1 is 0.816 bits per heavy atom. The van der Waals surface area contributed by atoms with Gasteiger partial charge in [0.2, 0.25) is 11.8 Å². The van der Waals surface area contributed by atoms with E-state index in [1.807, 2.05) is 37.5 Å². The summed E-state index contributed by atoms with van der Waals surface area (Å²) in [6.45, 7) is 10.0. The van der Waals surface area contributed by atoms with Crippen molar-refractivity contribution < 1.29 is 93.9 Å². The van der Waals surface area contributed by atoms with Crippen molar-refractivity contribution in [2.24, 2.45) is 16.9 Å². The van der Waals surface area contributed by atoms with Gasteiger partial charge >= 0.3 is 36.2 Å². The van der Waals surface area contributed by atoms with Gasteiger partial charge in [-0.15, -0.1) is 11.8 Å². The van der Waals surface area contributed by atoms with E-state index in [9.17, 15) is 63.9 Å². The second kappa shape index (κ2) is 37.6. The minimum absolute atomic E-state index is 0.0497. The van der Waals surface area contributed by atoms with Crippen LogP contribution >= 0.6 is 23.5 Å². The van der Waals surface area contributed by atoms with E-state index in [0.717, 1.165) is 54.9 Å². The van der Waals surface area contributed by atoms with E-state index in [1.54, 1.807) is 0 Å². The van der Waals surface area contributed by atoms with Crippen LogP contribution in [0.4, 0.5) is 35.1 Å². The highest BCUT2D eigenvalue weighted by molar-refractivity contribution is 8.00. The van der Waals surface area contributed by atoms with E-state index in [4.69, 9.17) is 41.5 Å². The summed E-state index contributed by atoms with van der Waals surface area (Å²) in [6, 6.07) is 14.7. The maximum Gasteiger partial charge on any atom is 0.490 e. The molecule has 0 saturated carbocycles. The van der Waals surface area contributed by atoms with Gasteiger partial charge in [0.25, 0.3) is 0 Å². The first kappa shape index (κ1) is 71.9. The number of alkyl halides is 6. The summed E-state index contributed by atoms with van der Waals surface area (Å²) in [5.74, 6) is -8.33. The Labute approximate surface area is 441 Å². The summed E-state index contributed by atoms with van der Waals surface area (Å²) >= 11 is 2.25. The number of hydrogen-bond donors (Lipinski definition) is 9. The largest absolute Gasteiger partial charge is 0.490 e. The van der Waals surface area contributed by atoms with Crippen LogP contribution in [0.25, 0.3) is 11.1 Å². The predicted molar refractivity (Wildman–Crippen MR) is 269 cm³/mol. The molecule has 1 unspecified atom stereocenters. The predicted octanol–water partition coefficient (Wildman–Crippen LogP) is 5.05. The van der Waals surface area contributed by atoms with Crippen molar-refractivity contribution in [1.29, 1.82) is 0 Å². The third-order valence-electron chi connectivity index (χ3n) is 9.29. The van der Waals surface area contributed by atoms with Crippen molar-refractivity contribution in [3.8, 4) is 11.1 Å². The zero-order valence-corrected chi connectivity index (χ0v) is 43.7. The number of thioether (sulfide) groups is 2. The highest BCUT2D eigenvalue weighted by atomic mass is 32.2. The standard InChI is InChI=1S/C26H33F2N3.C9H14N2O6S.C8H16N2O2S.2C2HF3O2/c1-26(2,3)25(30(4)14-8-13-29)24-15-20(22-16-21(27)11-12-23(22)28)18-31(24)17-19-9-6-5-7-10-19;10-5(8(14)15)4-18-6(9(16)17)3-7(13)11-1-2-12;1-9-3-4-10-8(12)2-6-13-7-5-11;2*3-2(4,5)1(6)7/h5-7,9-12,15-16,18,25H,8,13-14,17,29H2,1-4H3;2,5-6H,1,3-4,10H2,(H,11,13)(H,14,15)(H,16,17);5,9H,2-4,6-7H2,1H3,(H,10,12);2*(H,6,7)/t25-;5-,6?;;;/m00.../s1. The fraction of sp³-hybridized carbons (Fsp3) is 0.489. The minimum Gasteiger partial charge on any atom is -0.480 e. The molecule has 428 valence electrons. The summed E-state index contributed by atoms with van der Waals surface area (Å²) < 4.78 is 94.1. The Hall–Kier alpha value is -6.14. The number of hydrogen-bond acceptors (Lipinski definition) is 14. The number of aliphatic carboxylic acids is 4. The summed E-state index contributed by atoms with van der Waals surface area (Å²) in [4.78, 5) is 83.6. The van der Waals surface area contributed by atoms with Gasteiger partial charge in [-0.3, -0.25) is 24.1 Å². The average molecular weight is 1140 g/mol. The SMILES string of the molecule is CN(CCCN)[C@@H](c1cc(-c2cc(F)ccc2F)cn1Cc1ccccc1)C(C)(C)C.CNCCNC(=O)CCSCC=O.N[C@@H](CSC(CC(=O)NCC=O)C(=O)O)C(=O)O.O=C(O)C(F)(F)F.O=C(O)C(F)(F)F. The molecule has 11 N–H and O–H groups in total. The van der Waals surface area contributed by atoms with Crippen LogP contribution in [0.15, 0.2) is 60.8 Å². The van der Waals surface area contributed by atoms with Crippen LogP contribution in [0.2, 0.25) is 0 Å². The molecule has 1 heterocycles. The molecule has 19 nitrogen and oxygen atoms in total. The Bertz CT molecular complexity index is 2230. The number of aldehydes is 2. The molecule has 0 radical (unpaired) electrons. The van der Waals surface area contributed by atoms with E-state index in [1.165, 1.54) is 23.9 Å². The molecule has 3 rings (SSSR count). The first-order chi connectivity index (χ1) is 35.3. The van der Waals surface area contributed by atoms with E-state index < -0.39 is 65.1 Å². The average Bonchev–Trinajstić information content (AvgIpc) is 3.72. The van der Waals surface area contributed by atoms with Gasteiger partial charge in [-0.1, -0.05) is 51.1 Å². The van der Waals surface area contributed by atoms with Gasteiger partial charge in [-0.05, 0) is 68.8 Å². The quantitative estimate of drug-likeness (QED) is 0.0304. The molecule has 2 amide bonds. The van der Waals surface area contributed by atoms with Crippen molar-refractivity contribution >= 4 is 71.8 Å². The Morgan fingerprint density at radius 3 is 1.87 bits per heavy atom. The molecule has 0 aliphatic carbocycles. The Balaban J connectivity index is 0. The van der Waals surface area contributed by atoms with E-state index >= 15 is 0 Å². The first-order valence-corrected chi connectivity index (χ1v) is 24.6. The number of nitrogens with one attached hydrogen (secondary N) is 3. The lowest BCUT2D eigenvalue weighted by atomic mass is 9.83. The number of carbonyl (C=O) groups excluding carboxylic acids is 4. The Kier molecular flexibility index (Phi) is 35.6. The number of rotatable bonds is 25. The smallest absolute Gasteiger partial charge is 0.480 e. The molecule has 3 atom stereocenters. The van der Waals surface area contributed by atoms with Crippen molar-refractivity contribution in [3.05, 3.63) is 83.7 Å². The summed E-state index contributed by atoms with van der Waals surface area (Å²) in [5.41, 5.74) is 14.1. The number of carboxylic acids is 4. The molecule has 1 aromatic heterocycles. The van der Waals surface area contributed by atoms with Crippen molar-refractivity contribution in [2.45, 2.75) is 76.3 Å². The maximum absolute atomic E-state index is 14.6. The van der Waals surface area contributed by atoms with Gasteiger partial charge in [0, 0.05) is 72.8 Å². The van der Waals surface area contributed by atoms with Crippen molar-refractivity contribution in [3.63, 3.8) is 0 Å². The zero-order chi connectivity index (χ0) is 58.8. The van der Waals surface area contributed by atoms with Crippen molar-refractivity contribution in [2.75, 3.05) is 64.1 Å². The molecule has 0 saturated heterocycles. The van der Waals surface area contributed by atoms with E-state index in [-0.39, 0.29) is 41.6 Å². The number of carbonyl (C=O) groups is 8. The molecule has 0 bridgehead atoms. The van der Waals surface area contributed by atoms with Crippen LogP contribution in [0.1, 0.15) is 57.3 Å². The first-order valence-electron chi connectivity index (χ1n) is 22.4. The topological polar surface area (TPSA) is 314 Å². The van der Waals surface area contributed by atoms with Gasteiger partial charge < -0.3 is 62.0 Å². The second-order valence-corrected chi connectivity index (χ2v) is 19.0. The lowest BCUT2D eigenvalue weighted by Crippen LogP contribution is -2.36. The normalized spacial score (nSPS) is 12.2. The highest BCUT2D eigenvalue weighted by Gasteiger charge is 2.39. The number of benzene rings is 2. The Morgan fingerprint density at radius 2 is 1.39 bits per heavy atom. The van der Waals surface area contributed by atoms with Crippen LogP contribution < -0.4 is 27.4 Å². The lowest BCUT2D eigenvalue weighted by Gasteiger charge is -2.39.